The molecule has 182 valence electrons. The molecule has 0 aromatic carbocycles. The number of hydrogen-bond acceptors (Lipinski definition) is 7. The first-order chi connectivity index (χ1) is 15.0. The summed E-state index contributed by atoms with van der Waals surface area (Å²) >= 11 is 0. The van der Waals surface area contributed by atoms with Crippen LogP contribution in [0.5, 0.6) is 0 Å². The van der Waals surface area contributed by atoms with Crippen LogP contribution >= 0.6 is 0 Å². The Bertz CT molecular complexity index is 483. The Balaban J connectivity index is 2.01. The number of unbranched alkanes of at least 4 members (excludes halogenated alkanes) is 11. The highest BCUT2D eigenvalue weighted by Gasteiger charge is 2.45. The van der Waals surface area contributed by atoms with E-state index in [1.165, 1.54) is 44.9 Å². The number of aliphatic hydroxyl groups is 4. The van der Waals surface area contributed by atoms with E-state index in [4.69, 9.17) is 14.6 Å². The van der Waals surface area contributed by atoms with Crippen molar-refractivity contribution in [1.82, 2.24) is 0 Å². The molecule has 4 N–H and O–H groups in total. The molecule has 7 heteroatoms. The van der Waals surface area contributed by atoms with Gasteiger partial charge in [0.15, 0.2) is 12.4 Å². The van der Waals surface area contributed by atoms with Gasteiger partial charge < -0.3 is 29.9 Å². The monoisotopic (exact) mass is 444 g/mol. The lowest BCUT2D eigenvalue weighted by Gasteiger charge is -2.39. The second-order valence-electron chi connectivity index (χ2n) is 8.52. The van der Waals surface area contributed by atoms with Crippen molar-refractivity contribution >= 4 is 5.97 Å². The molecule has 0 aromatic rings. The SMILES string of the molecule is CCCCCCCC/C=C/CCCCCCCC(=O)O[C@H]1[C@H](O)[C@@H](CO)OC(O)[C@@H]1O. The van der Waals surface area contributed by atoms with E-state index in [1.54, 1.807) is 0 Å². The maximum Gasteiger partial charge on any atom is 0.306 e. The van der Waals surface area contributed by atoms with Crippen molar-refractivity contribution in [1.29, 1.82) is 0 Å². The summed E-state index contributed by atoms with van der Waals surface area (Å²) in [4.78, 5) is 12.0. The molecule has 7 nitrogen and oxygen atoms in total. The molecule has 1 saturated heterocycles. The van der Waals surface area contributed by atoms with E-state index in [0.29, 0.717) is 6.42 Å². The third-order valence-corrected chi connectivity index (χ3v) is 5.75. The van der Waals surface area contributed by atoms with Crippen molar-refractivity contribution < 1.29 is 34.7 Å². The smallest absolute Gasteiger partial charge is 0.306 e. The molecule has 1 rings (SSSR count). The quantitative estimate of drug-likeness (QED) is 0.154. The van der Waals surface area contributed by atoms with Gasteiger partial charge in [-0.1, -0.05) is 70.4 Å². The highest BCUT2D eigenvalue weighted by molar-refractivity contribution is 5.69. The lowest BCUT2D eigenvalue weighted by atomic mass is 9.99. The van der Waals surface area contributed by atoms with E-state index < -0.39 is 43.3 Å². The molecule has 0 amide bonds. The van der Waals surface area contributed by atoms with Crippen molar-refractivity contribution in [3.63, 3.8) is 0 Å². The van der Waals surface area contributed by atoms with Crippen LogP contribution in [0, 0.1) is 0 Å². The number of carbonyl (C=O) groups excluding carboxylic acids is 1. The zero-order valence-electron chi connectivity index (χ0n) is 19.2. The molecular formula is C24H44O7. The summed E-state index contributed by atoms with van der Waals surface area (Å²) in [6.07, 6.45) is 13.0. The molecular weight excluding hydrogens is 400 g/mol. The van der Waals surface area contributed by atoms with Crippen LogP contribution in [0.25, 0.3) is 0 Å². The van der Waals surface area contributed by atoms with Gasteiger partial charge in [-0.25, -0.2) is 0 Å². The number of ether oxygens (including phenoxy) is 2. The molecule has 0 spiro atoms. The zero-order chi connectivity index (χ0) is 22.9. The predicted molar refractivity (Wildman–Crippen MR) is 119 cm³/mol. The van der Waals surface area contributed by atoms with Gasteiger partial charge in [0, 0.05) is 6.42 Å². The van der Waals surface area contributed by atoms with Crippen LogP contribution in [-0.4, -0.2) is 63.7 Å². The van der Waals surface area contributed by atoms with Crippen molar-refractivity contribution in [3.05, 3.63) is 12.2 Å². The summed E-state index contributed by atoms with van der Waals surface area (Å²) in [6, 6.07) is 0. The first-order valence-electron chi connectivity index (χ1n) is 12.2. The molecule has 0 radical (unpaired) electrons. The Kier molecular flexibility index (Phi) is 15.9. The largest absolute Gasteiger partial charge is 0.456 e. The van der Waals surface area contributed by atoms with E-state index in [9.17, 15) is 20.1 Å². The zero-order valence-corrected chi connectivity index (χ0v) is 19.2. The van der Waals surface area contributed by atoms with Crippen LogP contribution in [0.4, 0.5) is 0 Å². The minimum absolute atomic E-state index is 0.189. The molecule has 0 saturated carbocycles. The Morgan fingerprint density at radius 1 is 0.839 bits per heavy atom. The second kappa shape index (κ2) is 17.6. The summed E-state index contributed by atoms with van der Waals surface area (Å²) in [5.74, 6) is -0.536. The third-order valence-electron chi connectivity index (χ3n) is 5.75. The lowest BCUT2D eigenvalue weighted by molar-refractivity contribution is -0.289. The number of esters is 1. The molecule has 1 heterocycles. The Morgan fingerprint density at radius 2 is 1.39 bits per heavy atom. The van der Waals surface area contributed by atoms with Crippen molar-refractivity contribution in [2.45, 2.75) is 128 Å². The molecule has 0 aliphatic carbocycles. The fraction of sp³-hybridized carbons (Fsp3) is 0.875. The fourth-order valence-corrected chi connectivity index (χ4v) is 3.76. The van der Waals surface area contributed by atoms with Crippen molar-refractivity contribution in [2.24, 2.45) is 0 Å². The maximum atomic E-state index is 12.0. The summed E-state index contributed by atoms with van der Waals surface area (Å²) in [5.41, 5.74) is 0. The summed E-state index contributed by atoms with van der Waals surface area (Å²) < 4.78 is 10.0. The molecule has 1 aliphatic heterocycles. The van der Waals surface area contributed by atoms with Gasteiger partial charge in [-0.15, -0.1) is 0 Å². The second-order valence-corrected chi connectivity index (χ2v) is 8.52. The van der Waals surface area contributed by atoms with E-state index in [2.05, 4.69) is 19.1 Å². The van der Waals surface area contributed by atoms with E-state index in [0.717, 1.165) is 32.1 Å². The molecule has 1 unspecified atom stereocenters. The number of rotatable bonds is 17. The van der Waals surface area contributed by atoms with Gasteiger partial charge in [-0.3, -0.25) is 4.79 Å². The van der Waals surface area contributed by atoms with Crippen LogP contribution in [-0.2, 0) is 14.3 Å². The van der Waals surface area contributed by atoms with Crippen LogP contribution in [0.3, 0.4) is 0 Å². The topological polar surface area (TPSA) is 116 Å². The number of allylic oxidation sites excluding steroid dienone is 2. The van der Waals surface area contributed by atoms with Crippen molar-refractivity contribution in [2.75, 3.05) is 6.61 Å². The molecule has 1 aliphatic rings. The summed E-state index contributed by atoms with van der Waals surface area (Å²) in [5, 5.41) is 38.7. The first kappa shape index (κ1) is 28.0. The Hall–Kier alpha value is -0.990. The van der Waals surface area contributed by atoms with E-state index >= 15 is 0 Å². The van der Waals surface area contributed by atoms with Crippen LogP contribution < -0.4 is 0 Å². The van der Waals surface area contributed by atoms with Crippen LogP contribution in [0.15, 0.2) is 12.2 Å². The highest BCUT2D eigenvalue weighted by atomic mass is 16.7. The Morgan fingerprint density at radius 3 is 1.97 bits per heavy atom. The van der Waals surface area contributed by atoms with Gasteiger partial charge >= 0.3 is 5.97 Å². The number of carbonyl (C=O) groups is 1. The standard InChI is InChI=1S/C24H44O7/c1-2-3-4-5-6-7-8-9-10-11-12-13-14-15-16-17-20(26)31-23-21(27)19(18-25)30-24(29)22(23)28/h9-10,19,21-25,27-29H,2-8,11-18H2,1H3/b10-9+/t19-,21-,22-,23+,24?/m1/s1. The first-order valence-corrected chi connectivity index (χ1v) is 12.2. The van der Waals surface area contributed by atoms with Gasteiger partial charge in [0.25, 0.3) is 0 Å². The molecule has 0 bridgehead atoms. The van der Waals surface area contributed by atoms with Gasteiger partial charge in [0.05, 0.1) is 6.61 Å². The predicted octanol–water partition coefficient (Wildman–Crippen LogP) is 3.37. The third kappa shape index (κ3) is 12.0. The summed E-state index contributed by atoms with van der Waals surface area (Å²) in [6.45, 7) is 1.69. The normalized spacial score (nSPS) is 26.4. The minimum atomic E-state index is -1.61. The average molecular weight is 445 g/mol. The van der Waals surface area contributed by atoms with Crippen LogP contribution in [0.1, 0.15) is 96.8 Å². The number of aliphatic hydroxyl groups excluding tert-OH is 4. The van der Waals surface area contributed by atoms with Gasteiger partial charge in [-0.05, 0) is 32.1 Å². The Labute approximate surface area is 187 Å². The average Bonchev–Trinajstić information content (AvgIpc) is 2.76. The number of hydrogen-bond donors (Lipinski definition) is 4. The van der Waals surface area contributed by atoms with E-state index in [-0.39, 0.29) is 6.42 Å². The molecule has 1 fully saturated rings. The highest BCUT2D eigenvalue weighted by Crippen LogP contribution is 2.23. The van der Waals surface area contributed by atoms with Gasteiger partial charge in [0.1, 0.15) is 18.3 Å². The van der Waals surface area contributed by atoms with Crippen LogP contribution in [0.2, 0.25) is 0 Å². The lowest BCUT2D eigenvalue weighted by Crippen LogP contribution is -2.59. The molecule has 5 atom stereocenters. The summed E-state index contributed by atoms with van der Waals surface area (Å²) in [7, 11) is 0. The van der Waals surface area contributed by atoms with Gasteiger partial charge in [-0.2, -0.15) is 0 Å². The minimum Gasteiger partial charge on any atom is -0.456 e. The van der Waals surface area contributed by atoms with E-state index in [1.807, 2.05) is 0 Å². The maximum absolute atomic E-state index is 12.0. The van der Waals surface area contributed by atoms with Gasteiger partial charge in [0.2, 0.25) is 0 Å². The molecule has 0 aromatic heterocycles. The van der Waals surface area contributed by atoms with Crippen molar-refractivity contribution in [3.8, 4) is 0 Å². The molecule has 31 heavy (non-hydrogen) atoms. The fourth-order valence-electron chi connectivity index (χ4n) is 3.76.